The van der Waals surface area contributed by atoms with Crippen molar-refractivity contribution in [2.45, 2.75) is 12.6 Å². The van der Waals surface area contributed by atoms with Gasteiger partial charge in [0, 0.05) is 13.1 Å². The summed E-state index contributed by atoms with van der Waals surface area (Å²) in [6.07, 6.45) is -0.778. The molecule has 0 bridgehead atoms. The summed E-state index contributed by atoms with van der Waals surface area (Å²) < 4.78 is 12.7. The Bertz CT molecular complexity index is 1080. The Balaban J connectivity index is 1.40. The average molecular weight is 373 g/mol. The molecule has 1 aliphatic rings. The van der Waals surface area contributed by atoms with Crippen LogP contribution in [0.2, 0.25) is 0 Å². The summed E-state index contributed by atoms with van der Waals surface area (Å²) in [4.78, 5) is 39.2. The second kappa shape index (κ2) is 6.68. The van der Waals surface area contributed by atoms with Gasteiger partial charge < -0.3 is 19.8 Å². The van der Waals surface area contributed by atoms with E-state index in [1.807, 2.05) is 6.07 Å². The van der Waals surface area contributed by atoms with Crippen LogP contribution in [-0.4, -0.2) is 34.7 Å². The fourth-order valence-corrected chi connectivity index (χ4v) is 3.52. The van der Waals surface area contributed by atoms with Gasteiger partial charge in [0.2, 0.25) is 6.10 Å². The Kier molecular flexibility index (Phi) is 4.21. The molecule has 9 heteroatoms. The Hall–Kier alpha value is -3.07. The third-order valence-electron chi connectivity index (χ3n) is 4.03. The van der Waals surface area contributed by atoms with E-state index in [1.165, 1.54) is 11.3 Å². The van der Waals surface area contributed by atoms with Gasteiger partial charge in [0.1, 0.15) is 11.3 Å². The average Bonchev–Trinajstić information content (AvgIpc) is 3.12. The van der Waals surface area contributed by atoms with Crippen LogP contribution in [0.25, 0.3) is 10.2 Å². The molecule has 8 nitrogen and oxygen atoms in total. The number of aromatic nitrogens is 2. The van der Waals surface area contributed by atoms with Crippen LogP contribution in [0.1, 0.15) is 0 Å². The molecule has 3 aromatic rings. The number of carbonyl (C=O) groups excluding carboxylic acids is 1. The zero-order chi connectivity index (χ0) is 18.1. The lowest BCUT2D eigenvalue weighted by Gasteiger charge is -2.25. The summed E-state index contributed by atoms with van der Waals surface area (Å²) in [5, 5.41) is 4.42. The van der Waals surface area contributed by atoms with Crippen molar-refractivity contribution in [3.05, 3.63) is 56.5 Å². The summed E-state index contributed by atoms with van der Waals surface area (Å²) in [6.45, 7) is 0.294. The minimum atomic E-state index is -0.778. The van der Waals surface area contributed by atoms with Crippen molar-refractivity contribution >= 4 is 27.5 Å². The molecule has 0 fully saturated rings. The number of para-hydroxylation sites is 2. The topological polar surface area (TPSA) is 102 Å². The molecule has 2 N–H and O–H groups in total. The number of benzene rings is 1. The Labute approximate surface area is 151 Å². The van der Waals surface area contributed by atoms with Crippen LogP contribution in [0, 0.1) is 0 Å². The third kappa shape index (κ3) is 2.97. The van der Waals surface area contributed by atoms with Gasteiger partial charge in [-0.1, -0.05) is 12.1 Å². The first-order valence-corrected chi connectivity index (χ1v) is 8.88. The molecule has 1 aliphatic heterocycles. The summed E-state index contributed by atoms with van der Waals surface area (Å²) in [5.41, 5.74) is -0.336. The number of hydrogen-bond acceptors (Lipinski definition) is 6. The van der Waals surface area contributed by atoms with Crippen molar-refractivity contribution in [1.29, 1.82) is 0 Å². The molecule has 0 radical (unpaired) electrons. The first-order chi connectivity index (χ1) is 12.6. The molecule has 134 valence electrons. The van der Waals surface area contributed by atoms with E-state index in [0.29, 0.717) is 21.7 Å². The maximum Gasteiger partial charge on any atom is 0.328 e. The highest BCUT2D eigenvalue weighted by Crippen LogP contribution is 2.30. The van der Waals surface area contributed by atoms with Crippen LogP contribution in [-0.2, 0) is 11.3 Å². The van der Waals surface area contributed by atoms with Gasteiger partial charge in [-0.2, -0.15) is 0 Å². The molecule has 0 saturated carbocycles. The van der Waals surface area contributed by atoms with E-state index in [1.54, 1.807) is 29.6 Å². The molecule has 4 rings (SSSR count). The summed E-state index contributed by atoms with van der Waals surface area (Å²) in [7, 11) is 0. The maximum absolute atomic E-state index is 12.3. The van der Waals surface area contributed by atoms with E-state index in [2.05, 4.69) is 10.3 Å². The van der Waals surface area contributed by atoms with Gasteiger partial charge in [0.15, 0.2) is 11.5 Å². The van der Waals surface area contributed by atoms with Crippen LogP contribution < -0.4 is 26.0 Å². The highest BCUT2D eigenvalue weighted by atomic mass is 32.1. The lowest BCUT2D eigenvalue weighted by molar-refractivity contribution is -0.130. The molecule has 1 aromatic carbocycles. The fourth-order valence-electron chi connectivity index (χ4n) is 2.73. The van der Waals surface area contributed by atoms with Gasteiger partial charge in [-0.15, -0.1) is 11.3 Å². The quantitative estimate of drug-likeness (QED) is 0.701. The monoisotopic (exact) mass is 373 g/mol. The van der Waals surface area contributed by atoms with Crippen molar-refractivity contribution in [2.75, 3.05) is 13.2 Å². The molecule has 3 heterocycles. The van der Waals surface area contributed by atoms with E-state index in [0.717, 1.165) is 4.57 Å². The van der Waals surface area contributed by atoms with Crippen molar-refractivity contribution in [3.63, 3.8) is 0 Å². The summed E-state index contributed by atoms with van der Waals surface area (Å²) >= 11 is 1.27. The van der Waals surface area contributed by atoms with Crippen LogP contribution in [0.15, 0.2) is 45.3 Å². The second-order valence-corrected chi connectivity index (χ2v) is 6.62. The SMILES string of the molecule is O=C(NCCn1c(=O)[nH]c2ccsc2c1=O)[C@@H]1COc2ccccc2O1. The molecule has 26 heavy (non-hydrogen) atoms. The van der Waals surface area contributed by atoms with E-state index in [4.69, 9.17) is 9.47 Å². The number of H-pyrrole nitrogens is 1. The van der Waals surface area contributed by atoms with Crippen LogP contribution in [0.3, 0.4) is 0 Å². The Morgan fingerprint density at radius 2 is 2.08 bits per heavy atom. The summed E-state index contributed by atoms with van der Waals surface area (Å²) in [5.74, 6) is 0.745. The highest BCUT2D eigenvalue weighted by molar-refractivity contribution is 7.17. The lowest BCUT2D eigenvalue weighted by Crippen LogP contribution is -2.46. The smallest absolute Gasteiger partial charge is 0.328 e. The number of thiophene rings is 1. The number of nitrogens with zero attached hydrogens (tertiary/aromatic N) is 1. The van der Waals surface area contributed by atoms with Gasteiger partial charge in [0.05, 0.1) is 5.52 Å². The molecular weight excluding hydrogens is 358 g/mol. The number of carbonyl (C=O) groups is 1. The maximum atomic E-state index is 12.3. The van der Waals surface area contributed by atoms with E-state index in [9.17, 15) is 14.4 Å². The van der Waals surface area contributed by atoms with Gasteiger partial charge in [-0.05, 0) is 23.6 Å². The van der Waals surface area contributed by atoms with Gasteiger partial charge in [-0.3, -0.25) is 14.2 Å². The van der Waals surface area contributed by atoms with Gasteiger partial charge in [0.25, 0.3) is 11.5 Å². The second-order valence-electron chi connectivity index (χ2n) is 5.71. The van der Waals surface area contributed by atoms with Gasteiger partial charge >= 0.3 is 5.69 Å². The van der Waals surface area contributed by atoms with E-state index in [-0.39, 0.29) is 31.2 Å². The highest BCUT2D eigenvalue weighted by Gasteiger charge is 2.26. The molecular formula is C17H15N3O5S. The molecule has 0 spiro atoms. The molecule has 2 aromatic heterocycles. The predicted molar refractivity (Wildman–Crippen MR) is 96.1 cm³/mol. The largest absolute Gasteiger partial charge is 0.485 e. The van der Waals surface area contributed by atoms with E-state index < -0.39 is 11.8 Å². The van der Waals surface area contributed by atoms with Crippen LogP contribution in [0.4, 0.5) is 0 Å². The van der Waals surface area contributed by atoms with Crippen LogP contribution in [0.5, 0.6) is 11.5 Å². The summed E-state index contributed by atoms with van der Waals surface area (Å²) in [6, 6.07) is 8.80. The predicted octanol–water partition coefficient (Wildman–Crippen LogP) is 0.707. The minimum absolute atomic E-state index is 0.0674. The fraction of sp³-hybridized carbons (Fsp3) is 0.235. The Morgan fingerprint density at radius 3 is 2.92 bits per heavy atom. The Morgan fingerprint density at radius 1 is 1.27 bits per heavy atom. The van der Waals surface area contributed by atoms with Crippen molar-refractivity contribution in [2.24, 2.45) is 0 Å². The number of nitrogens with one attached hydrogen (secondary N) is 2. The molecule has 0 unspecified atom stereocenters. The number of ether oxygens (including phenoxy) is 2. The number of hydrogen-bond donors (Lipinski definition) is 2. The van der Waals surface area contributed by atoms with Crippen molar-refractivity contribution in [1.82, 2.24) is 14.9 Å². The van der Waals surface area contributed by atoms with Crippen LogP contribution >= 0.6 is 11.3 Å². The number of fused-ring (bicyclic) bond motifs is 2. The zero-order valence-corrected chi connectivity index (χ0v) is 14.4. The van der Waals surface area contributed by atoms with Crippen molar-refractivity contribution < 1.29 is 14.3 Å². The number of amides is 1. The third-order valence-corrected chi connectivity index (χ3v) is 4.93. The zero-order valence-electron chi connectivity index (χ0n) is 13.6. The van der Waals surface area contributed by atoms with Gasteiger partial charge in [-0.25, -0.2) is 4.79 Å². The van der Waals surface area contributed by atoms with E-state index >= 15 is 0 Å². The molecule has 0 saturated heterocycles. The number of rotatable bonds is 4. The normalized spacial score (nSPS) is 15.8. The molecule has 0 aliphatic carbocycles. The lowest BCUT2D eigenvalue weighted by atomic mass is 10.2. The number of aromatic amines is 1. The first kappa shape index (κ1) is 16.4. The molecule has 1 amide bonds. The molecule has 1 atom stereocenters. The standard InChI is InChI=1S/C17H15N3O5S/c21-15(13-9-24-11-3-1-2-4-12(11)25-13)18-6-7-20-16(22)14-10(5-8-26-14)19-17(20)23/h1-5,8,13H,6-7,9H2,(H,18,21)(H,19,23)/t13-/m0/s1. The first-order valence-electron chi connectivity index (χ1n) is 8.00. The minimum Gasteiger partial charge on any atom is -0.485 e. The van der Waals surface area contributed by atoms with Crippen molar-refractivity contribution in [3.8, 4) is 11.5 Å².